The fourth-order valence-corrected chi connectivity index (χ4v) is 1.74. The predicted molar refractivity (Wildman–Crippen MR) is 57.2 cm³/mol. The number of aromatic amines is 1. The molecule has 0 saturated carbocycles. The number of nitrogens with one attached hydrogen (secondary N) is 1. The molecule has 0 fully saturated rings. The van der Waals surface area contributed by atoms with Crippen molar-refractivity contribution in [3.05, 3.63) is 35.0 Å². The Balaban J connectivity index is 2.73. The van der Waals surface area contributed by atoms with Crippen LogP contribution in [-0.4, -0.2) is 4.98 Å². The van der Waals surface area contributed by atoms with Crippen LogP contribution in [0.5, 0.6) is 0 Å². The molecule has 13 heavy (non-hydrogen) atoms. The van der Waals surface area contributed by atoms with E-state index in [1.807, 2.05) is 0 Å². The van der Waals surface area contributed by atoms with Gasteiger partial charge in [-0.1, -0.05) is 19.1 Å². The van der Waals surface area contributed by atoms with Gasteiger partial charge in [0.2, 0.25) is 0 Å². The van der Waals surface area contributed by atoms with Crippen LogP contribution >= 0.6 is 0 Å². The summed E-state index contributed by atoms with van der Waals surface area (Å²) in [6.45, 7) is 6.48. The number of benzene rings is 1. The number of fused-ring (bicyclic) bond motifs is 1. The molecule has 68 valence electrons. The largest absolute Gasteiger partial charge is 0.358 e. The molecule has 0 aliphatic carbocycles. The Bertz CT molecular complexity index is 438. The molecule has 1 heterocycles. The second-order valence-electron chi connectivity index (χ2n) is 3.61. The summed E-state index contributed by atoms with van der Waals surface area (Å²) in [5.74, 6) is 0. The molecule has 1 aromatic carbocycles. The van der Waals surface area contributed by atoms with Gasteiger partial charge in [-0.3, -0.25) is 0 Å². The Kier molecular flexibility index (Phi) is 1.87. The number of rotatable bonds is 1. The molecule has 1 nitrogen and oxygen atoms in total. The molecule has 0 amide bonds. The fraction of sp³-hybridized carbons (Fsp3) is 0.333. The first-order valence-corrected chi connectivity index (χ1v) is 4.80. The van der Waals surface area contributed by atoms with Gasteiger partial charge in [0.25, 0.3) is 0 Å². The van der Waals surface area contributed by atoms with Gasteiger partial charge in [0.15, 0.2) is 0 Å². The number of aromatic nitrogens is 1. The van der Waals surface area contributed by atoms with Gasteiger partial charge in [-0.2, -0.15) is 0 Å². The van der Waals surface area contributed by atoms with Gasteiger partial charge in [-0.25, -0.2) is 0 Å². The van der Waals surface area contributed by atoms with Gasteiger partial charge in [0.1, 0.15) is 0 Å². The lowest BCUT2D eigenvalue weighted by Crippen LogP contribution is -1.78. The summed E-state index contributed by atoms with van der Waals surface area (Å²) in [5.41, 5.74) is 5.32. The monoisotopic (exact) mass is 173 g/mol. The maximum Gasteiger partial charge on any atom is 0.0461 e. The average Bonchev–Trinajstić information content (AvgIpc) is 2.42. The Morgan fingerprint density at radius 3 is 2.69 bits per heavy atom. The van der Waals surface area contributed by atoms with Gasteiger partial charge in [-0.05, 0) is 37.5 Å². The fourth-order valence-electron chi connectivity index (χ4n) is 1.74. The highest BCUT2D eigenvalue weighted by molar-refractivity contribution is 5.84. The lowest BCUT2D eigenvalue weighted by Gasteiger charge is -1.96. The van der Waals surface area contributed by atoms with Crippen LogP contribution in [0.4, 0.5) is 0 Å². The van der Waals surface area contributed by atoms with Crippen LogP contribution in [0, 0.1) is 13.8 Å². The molecule has 2 aromatic rings. The number of hydrogen-bond acceptors (Lipinski definition) is 0. The SMILES string of the molecule is CCc1ccc2c(C)c(C)[nH]c2c1. The van der Waals surface area contributed by atoms with Crippen LogP contribution in [0.25, 0.3) is 10.9 Å². The van der Waals surface area contributed by atoms with Gasteiger partial charge >= 0.3 is 0 Å². The van der Waals surface area contributed by atoms with Gasteiger partial charge in [0.05, 0.1) is 0 Å². The third-order valence-electron chi connectivity index (χ3n) is 2.78. The Labute approximate surface area is 78.8 Å². The maximum absolute atomic E-state index is 3.40. The molecule has 0 aliphatic rings. The normalized spacial score (nSPS) is 11.0. The second kappa shape index (κ2) is 2.91. The predicted octanol–water partition coefficient (Wildman–Crippen LogP) is 3.35. The van der Waals surface area contributed by atoms with Crippen molar-refractivity contribution in [3.63, 3.8) is 0 Å². The highest BCUT2D eigenvalue weighted by Gasteiger charge is 2.03. The molecule has 1 aromatic heterocycles. The van der Waals surface area contributed by atoms with Crippen LogP contribution in [-0.2, 0) is 6.42 Å². The summed E-state index contributed by atoms with van der Waals surface area (Å²) in [6, 6.07) is 6.67. The summed E-state index contributed by atoms with van der Waals surface area (Å²) in [7, 11) is 0. The molecule has 0 spiro atoms. The van der Waals surface area contributed by atoms with Crippen LogP contribution in [0.3, 0.4) is 0 Å². The van der Waals surface area contributed by atoms with Crippen molar-refractivity contribution in [2.24, 2.45) is 0 Å². The average molecular weight is 173 g/mol. The van der Waals surface area contributed by atoms with E-state index in [2.05, 4.69) is 44.0 Å². The van der Waals surface area contributed by atoms with Crippen molar-refractivity contribution < 1.29 is 0 Å². The van der Waals surface area contributed by atoms with E-state index in [0.29, 0.717) is 0 Å². The van der Waals surface area contributed by atoms with E-state index in [0.717, 1.165) is 6.42 Å². The van der Waals surface area contributed by atoms with E-state index in [-0.39, 0.29) is 0 Å². The van der Waals surface area contributed by atoms with E-state index in [9.17, 15) is 0 Å². The summed E-state index contributed by atoms with van der Waals surface area (Å²) in [5, 5.41) is 1.36. The van der Waals surface area contributed by atoms with Crippen molar-refractivity contribution in [1.29, 1.82) is 0 Å². The van der Waals surface area contributed by atoms with E-state index in [4.69, 9.17) is 0 Å². The van der Waals surface area contributed by atoms with Crippen molar-refractivity contribution >= 4 is 10.9 Å². The quantitative estimate of drug-likeness (QED) is 0.680. The van der Waals surface area contributed by atoms with Gasteiger partial charge in [0, 0.05) is 16.6 Å². The molecule has 0 bridgehead atoms. The zero-order valence-corrected chi connectivity index (χ0v) is 8.44. The Hall–Kier alpha value is -1.24. The third kappa shape index (κ3) is 1.24. The molecule has 2 rings (SSSR count). The maximum atomic E-state index is 3.40. The molecule has 1 heteroatoms. The summed E-state index contributed by atoms with van der Waals surface area (Å²) >= 11 is 0. The zero-order chi connectivity index (χ0) is 9.42. The first kappa shape index (κ1) is 8.36. The molecule has 0 radical (unpaired) electrons. The minimum absolute atomic E-state index is 1.10. The van der Waals surface area contributed by atoms with Crippen LogP contribution < -0.4 is 0 Å². The minimum atomic E-state index is 1.10. The highest BCUT2D eigenvalue weighted by Crippen LogP contribution is 2.22. The van der Waals surface area contributed by atoms with Crippen molar-refractivity contribution in [2.45, 2.75) is 27.2 Å². The minimum Gasteiger partial charge on any atom is -0.358 e. The topological polar surface area (TPSA) is 15.8 Å². The smallest absolute Gasteiger partial charge is 0.0461 e. The van der Waals surface area contributed by atoms with Gasteiger partial charge in [-0.15, -0.1) is 0 Å². The van der Waals surface area contributed by atoms with E-state index in [1.165, 1.54) is 27.7 Å². The lowest BCUT2D eigenvalue weighted by atomic mass is 10.1. The molecule has 0 atom stereocenters. The Morgan fingerprint density at radius 2 is 2.00 bits per heavy atom. The molecular formula is C12H15N. The molecule has 0 saturated heterocycles. The first-order valence-electron chi connectivity index (χ1n) is 4.80. The number of aryl methyl sites for hydroxylation is 3. The standard InChI is InChI=1S/C12H15N/c1-4-10-5-6-11-8(2)9(3)13-12(11)7-10/h5-7,13H,4H2,1-3H3. The molecule has 0 aliphatic heterocycles. The zero-order valence-electron chi connectivity index (χ0n) is 8.44. The molecular weight excluding hydrogens is 158 g/mol. The molecule has 1 N–H and O–H groups in total. The third-order valence-corrected chi connectivity index (χ3v) is 2.78. The lowest BCUT2D eigenvalue weighted by molar-refractivity contribution is 1.14. The van der Waals surface area contributed by atoms with Crippen LogP contribution in [0.2, 0.25) is 0 Å². The number of H-pyrrole nitrogens is 1. The van der Waals surface area contributed by atoms with E-state index >= 15 is 0 Å². The van der Waals surface area contributed by atoms with E-state index in [1.54, 1.807) is 0 Å². The first-order chi connectivity index (χ1) is 6.22. The van der Waals surface area contributed by atoms with Crippen molar-refractivity contribution in [1.82, 2.24) is 4.98 Å². The summed E-state index contributed by atoms with van der Waals surface area (Å²) < 4.78 is 0. The molecule has 0 unspecified atom stereocenters. The number of hydrogen-bond donors (Lipinski definition) is 1. The highest BCUT2D eigenvalue weighted by atomic mass is 14.7. The van der Waals surface area contributed by atoms with Crippen LogP contribution in [0.15, 0.2) is 18.2 Å². The van der Waals surface area contributed by atoms with E-state index < -0.39 is 0 Å². The second-order valence-corrected chi connectivity index (χ2v) is 3.61. The Morgan fingerprint density at radius 1 is 1.23 bits per heavy atom. The van der Waals surface area contributed by atoms with Crippen molar-refractivity contribution in [3.8, 4) is 0 Å². The van der Waals surface area contributed by atoms with Crippen LogP contribution in [0.1, 0.15) is 23.7 Å². The van der Waals surface area contributed by atoms with Crippen molar-refractivity contribution in [2.75, 3.05) is 0 Å². The summed E-state index contributed by atoms with van der Waals surface area (Å²) in [4.78, 5) is 3.40. The van der Waals surface area contributed by atoms with Gasteiger partial charge < -0.3 is 4.98 Å². The summed E-state index contributed by atoms with van der Waals surface area (Å²) in [6.07, 6.45) is 1.10.